The molecule has 0 fully saturated rings. The molecule has 2 aromatic rings. The van der Waals surface area contributed by atoms with Gasteiger partial charge in [-0.1, -0.05) is 39.0 Å². The van der Waals surface area contributed by atoms with Crippen molar-refractivity contribution in [3.63, 3.8) is 0 Å². The summed E-state index contributed by atoms with van der Waals surface area (Å²) in [6, 6.07) is 9.78. The van der Waals surface area contributed by atoms with E-state index >= 15 is 0 Å². The van der Waals surface area contributed by atoms with Crippen LogP contribution in [0.2, 0.25) is 0 Å². The Morgan fingerprint density at radius 3 is 2.45 bits per heavy atom. The van der Waals surface area contributed by atoms with Crippen LogP contribution in [-0.2, 0) is 18.4 Å². The van der Waals surface area contributed by atoms with Gasteiger partial charge in [0, 0.05) is 11.8 Å². The number of hydrogen-bond donors (Lipinski definition) is 1. The van der Waals surface area contributed by atoms with E-state index in [0.717, 1.165) is 27.7 Å². The van der Waals surface area contributed by atoms with Crippen LogP contribution >= 0.6 is 11.3 Å². The average molecular weight is 291 g/mol. The molecular weight excluding hydrogens is 270 g/mol. The Morgan fingerprint density at radius 1 is 1.20 bits per heavy atom. The normalized spacial score (nSPS) is 11.6. The Morgan fingerprint density at radius 2 is 1.90 bits per heavy atom. The average Bonchev–Trinajstić information content (AvgIpc) is 2.83. The van der Waals surface area contributed by atoms with Gasteiger partial charge in [-0.2, -0.15) is 0 Å². The third-order valence-electron chi connectivity index (χ3n) is 2.92. The molecule has 1 N–H and O–H groups in total. The van der Waals surface area contributed by atoms with Gasteiger partial charge in [0.1, 0.15) is 5.75 Å². The van der Waals surface area contributed by atoms with Crippen molar-refractivity contribution in [2.24, 2.45) is 0 Å². The fraction of sp³-hybridized carbons (Fsp3) is 0.438. The second kappa shape index (κ2) is 6.37. The van der Waals surface area contributed by atoms with Crippen molar-refractivity contribution in [3.05, 3.63) is 45.9 Å². The molecule has 0 spiro atoms. The minimum Gasteiger partial charge on any atom is -0.493 e. The number of aromatic nitrogens is 1. The first-order chi connectivity index (χ1) is 9.50. The predicted octanol–water partition coefficient (Wildman–Crippen LogP) is 3.55. The number of benzene rings is 1. The van der Waals surface area contributed by atoms with Gasteiger partial charge >= 0.3 is 0 Å². The number of nitrogens with zero attached hydrogens (tertiary/aromatic N) is 1. The molecule has 0 atom stereocenters. The standard InChI is InChI=1S/C16H21NO2S/c1-16(2,3)15-13(11-18)20-14(17-15)9-10-19-12-7-5-4-6-8-12/h4-8,18H,9-11H2,1-3H3. The highest BCUT2D eigenvalue weighted by molar-refractivity contribution is 7.11. The van der Waals surface area contributed by atoms with E-state index in [4.69, 9.17) is 4.74 Å². The smallest absolute Gasteiger partial charge is 0.119 e. The van der Waals surface area contributed by atoms with Crippen molar-refractivity contribution >= 4 is 11.3 Å². The molecule has 0 bridgehead atoms. The minimum atomic E-state index is -0.0346. The van der Waals surface area contributed by atoms with Gasteiger partial charge in [-0.05, 0) is 12.1 Å². The zero-order chi connectivity index (χ0) is 14.6. The summed E-state index contributed by atoms with van der Waals surface area (Å²) < 4.78 is 5.68. The van der Waals surface area contributed by atoms with Crippen molar-refractivity contribution < 1.29 is 9.84 Å². The van der Waals surface area contributed by atoms with Crippen molar-refractivity contribution in [2.45, 2.75) is 39.2 Å². The number of ether oxygens (including phenoxy) is 1. The molecule has 0 aliphatic carbocycles. The van der Waals surface area contributed by atoms with Gasteiger partial charge in [0.15, 0.2) is 0 Å². The van der Waals surface area contributed by atoms with E-state index in [1.165, 1.54) is 0 Å². The van der Waals surface area contributed by atoms with Crippen LogP contribution in [0, 0.1) is 0 Å². The number of aliphatic hydroxyl groups excluding tert-OH is 1. The summed E-state index contributed by atoms with van der Waals surface area (Å²) in [6.07, 6.45) is 0.767. The van der Waals surface area contributed by atoms with E-state index in [9.17, 15) is 5.11 Å². The van der Waals surface area contributed by atoms with E-state index in [1.807, 2.05) is 30.3 Å². The molecule has 0 aliphatic heterocycles. The number of aliphatic hydroxyl groups is 1. The zero-order valence-corrected chi connectivity index (χ0v) is 13.0. The Bertz CT molecular complexity index is 543. The lowest BCUT2D eigenvalue weighted by atomic mass is 9.91. The van der Waals surface area contributed by atoms with Crippen molar-refractivity contribution in [2.75, 3.05) is 6.61 Å². The van der Waals surface area contributed by atoms with Gasteiger partial charge in [0.25, 0.3) is 0 Å². The maximum Gasteiger partial charge on any atom is 0.119 e. The zero-order valence-electron chi connectivity index (χ0n) is 12.2. The minimum absolute atomic E-state index is 0.0346. The van der Waals surface area contributed by atoms with E-state index in [1.54, 1.807) is 11.3 Å². The molecule has 0 saturated carbocycles. The summed E-state index contributed by atoms with van der Waals surface area (Å²) in [5.74, 6) is 0.877. The molecule has 0 unspecified atom stereocenters. The van der Waals surface area contributed by atoms with Crippen LogP contribution in [0.25, 0.3) is 0 Å². The molecule has 1 aromatic carbocycles. The van der Waals surface area contributed by atoms with Crippen LogP contribution < -0.4 is 4.74 Å². The second-order valence-electron chi connectivity index (χ2n) is 5.70. The van der Waals surface area contributed by atoms with Crippen LogP contribution in [0.1, 0.15) is 36.3 Å². The summed E-state index contributed by atoms with van der Waals surface area (Å²) in [7, 11) is 0. The number of para-hydroxylation sites is 1. The molecule has 2 rings (SSSR count). The first-order valence-corrected chi connectivity index (χ1v) is 7.60. The highest BCUT2D eigenvalue weighted by Gasteiger charge is 2.22. The highest BCUT2D eigenvalue weighted by Crippen LogP contribution is 2.29. The molecule has 0 radical (unpaired) electrons. The molecular formula is C16H21NO2S. The lowest BCUT2D eigenvalue weighted by molar-refractivity contribution is 0.282. The van der Waals surface area contributed by atoms with Crippen LogP contribution in [-0.4, -0.2) is 16.7 Å². The molecule has 4 heteroatoms. The Hall–Kier alpha value is -1.39. The van der Waals surface area contributed by atoms with Crippen LogP contribution in [0.4, 0.5) is 0 Å². The van der Waals surface area contributed by atoms with Crippen LogP contribution in [0.3, 0.4) is 0 Å². The summed E-state index contributed by atoms with van der Waals surface area (Å²) in [5.41, 5.74) is 0.965. The van der Waals surface area contributed by atoms with Gasteiger partial charge in [-0.15, -0.1) is 11.3 Å². The first kappa shape index (κ1) is 15.0. The quantitative estimate of drug-likeness (QED) is 0.916. The molecule has 0 amide bonds. The highest BCUT2D eigenvalue weighted by atomic mass is 32.1. The van der Waals surface area contributed by atoms with E-state index < -0.39 is 0 Å². The fourth-order valence-corrected chi connectivity index (χ4v) is 3.09. The van der Waals surface area contributed by atoms with Gasteiger partial charge in [0.05, 0.1) is 28.8 Å². The van der Waals surface area contributed by atoms with E-state index in [2.05, 4.69) is 25.8 Å². The number of thiazole rings is 1. The Balaban J connectivity index is 1.98. The molecule has 0 saturated heterocycles. The maximum absolute atomic E-state index is 9.44. The van der Waals surface area contributed by atoms with Gasteiger partial charge in [-0.25, -0.2) is 4.98 Å². The maximum atomic E-state index is 9.44. The SMILES string of the molecule is CC(C)(C)c1nc(CCOc2ccccc2)sc1CO. The fourth-order valence-electron chi connectivity index (χ4n) is 1.97. The molecule has 20 heavy (non-hydrogen) atoms. The lowest BCUT2D eigenvalue weighted by Crippen LogP contribution is -2.14. The third-order valence-corrected chi connectivity index (χ3v) is 4.02. The van der Waals surface area contributed by atoms with Crippen LogP contribution in [0.15, 0.2) is 30.3 Å². The Kier molecular flexibility index (Phi) is 4.78. The molecule has 108 valence electrons. The lowest BCUT2D eigenvalue weighted by Gasteiger charge is -2.16. The second-order valence-corrected chi connectivity index (χ2v) is 6.87. The first-order valence-electron chi connectivity index (χ1n) is 6.78. The summed E-state index contributed by atoms with van der Waals surface area (Å²) in [4.78, 5) is 5.63. The molecule has 3 nitrogen and oxygen atoms in total. The Labute approximate surface area is 124 Å². The summed E-state index contributed by atoms with van der Waals surface area (Å²) in [6.45, 7) is 7.01. The third kappa shape index (κ3) is 3.81. The monoisotopic (exact) mass is 291 g/mol. The van der Waals surface area contributed by atoms with Crippen molar-refractivity contribution in [1.82, 2.24) is 4.98 Å². The van der Waals surface area contributed by atoms with E-state index in [0.29, 0.717) is 6.61 Å². The number of hydrogen-bond acceptors (Lipinski definition) is 4. The molecule has 1 heterocycles. The van der Waals surface area contributed by atoms with Gasteiger partial charge < -0.3 is 9.84 Å². The topological polar surface area (TPSA) is 42.4 Å². The summed E-state index contributed by atoms with van der Waals surface area (Å²) >= 11 is 1.58. The van der Waals surface area contributed by atoms with Gasteiger partial charge in [0.2, 0.25) is 0 Å². The largest absolute Gasteiger partial charge is 0.493 e. The predicted molar refractivity (Wildman–Crippen MR) is 82.4 cm³/mol. The van der Waals surface area contributed by atoms with E-state index in [-0.39, 0.29) is 12.0 Å². The number of rotatable bonds is 5. The van der Waals surface area contributed by atoms with Gasteiger partial charge in [-0.3, -0.25) is 0 Å². The summed E-state index contributed by atoms with van der Waals surface area (Å²) in [5, 5.41) is 10.5. The molecule has 1 aromatic heterocycles. The van der Waals surface area contributed by atoms with Crippen molar-refractivity contribution in [1.29, 1.82) is 0 Å². The van der Waals surface area contributed by atoms with Crippen molar-refractivity contribution in [3.8, 4) is 5.75 Å². The van der Waals surface area contributed by atoms with Crippen LogP contribution in [0.5, 0.6) is 5.75 Å². The molecule has 0 aliphatic rings.